The lowest BCUT2D eigenvalue weighted by molar-refractivity contribution is -0.137. The zero-order valence-corrected chi connectivity index (χ0v) is 18.8. The fraction of sp³-hybridized carbons (Fsp3) is 0.958. The minimum absolute atomic E-state index is 0.313. The molecule has 0 aliphatic heterocycles. The zero-order chi connectivity index (χ0) is 20.2. The first-order chi connectivity index (χ1) is 13.1. The molecule has 0 aliphatic carbocycles. The molecule has 162 valence electrons. The number of carbonyl (C=O) groups is 1. The van der Waals surface area contributed by atoms with Crippen LogP contribution in [0.4, 0.5) is 0 Å². The van der Waals surface area contributed by atoms with Gasteiger partial charge in [0, 0.05) is 12.5 Å². The highest BCUT2D eigenvalue weighted by atomic mass is 16.4. The van der Waals surface area contributed by atoms with Gasteiger partial charge in [0.05, 0.1) is 0 Å². The van der Waals surface area contributed by atoms with E-state index in [1.807, 2.05) is 0 Å². The van der Waals surface area contributed by atoms with E-state index in [0.717, 1.165) is 12.8 Å². The highest BCUT2D eigenvalue weighted by molar-refractivity contribution is 5.66. The molecule has 27 heavy (non-hydrogen) atoms. The molecule has 0 saturated heterocycles. The Morgan fingerprint density at radius 2 is 1.11 bits per heavy atom. The molecule has 0 fully saturated rings. The van der Waals surface area contributed by atoms with Crippen molar-refractivity contribution in [2.24, 2.45) is 0 Å². The predicted molar refractivity (Wildman–Crippen MR) is 119 cm³/mol. The van der Waals surface area contributed by atoms with Gasteiger partial charge in [-0.2, -0.15) is 0 Å². The van der Waals surface area contributed by atoms with Gasteiger partial charge in [0.25, 0.3) is 0 Å². The van der Waals surface area contributed by atoms with Crippen LogP contribution in [-0.2, 0) is 4.79 Å². The van der Waals surface area contributed by atoms with Crippen LogP contribution in [0.5, 0.6) is 0 Å². The number of carboxylic acids is 1. The van der Waals surface area contributed by atoms with Crippen molar-refractivity contribution in [3.8, 4) is 0 Å². The van der Waals surface area contributed by atoms with Gasteiger partial charge in [0.2, 0.25) is 0 Å². The quantitative estimate of drug-likeness (QED) is 0.209. The highest BCUT2D eigenvalue weighted by Gasteiger charge is 2.13. The molecule has 1 atom stereocenters. The first kappa shape index (κ1) is 26.4. The van der Waals surface area contributed by atoms with Crippen LogP contribution in [0.2, 0.25) is 0 Å². The van der Waals surface area contributed by atoms with E-state index in [1.54, 1.807) is 0 Å². The Kier molecular flexibility index (Phi) is 19.7. The lowest BCUT2D eigenvalue weighted by atomic mass is 10.1. The van der Waals surface area contributed by atoms with Crippen LogP contribution in [0, 0.1) is 0 Å². The summed E-state index contributed by atoms with van der Waals surface area (Å²) in [5, 5.41) is 8.88. The normalized spacial score (nSPS) is 12.6. The van der Waals surface area contributed by atoms with Crippen molar-refractivity contribution in [1.29, 1.82) is 0 Å². The first-order valence-electron chi connectivity index (χ1n) is 12.1. The van der Waals surface area contributed by atoms with Gasteiger partial charge >= 0.3 is 5.97 Å². The van der Waals surface area contributed by atoms with E-state index in [-0.39, 0.29) is 0 Å². The number of hydrogen-bond acceptors (Lipinski definition) is 2. The van der Waals surface area contributed by atoms with Gasteiger partial charge < -0.3 is 10.0 Å². The Hall–Kier alpha value is -0.570. The maximum absolute atomic E-state index is 10.8. The van der Waals surface area contributed by atoms with Crippen molar-refractivity contribution in [3.05, 3.63) is 0 Å². The third kappa shape index (κ3) is 18.6. The Labute approximate surface area is 170 Å². The number of aliphatic carboxylic acids is 1. The second kappa shape index (κ2) is 20.2. The SMILES string of the molecule is CCCCCCCCCN(CCCCCCCCC)C(C)CCCC(=O)O. The second-order valence-corrected chi connectivity index (χ2v) is 8.41. The Morgan fingerprint density at radius 3 is 1.52 bits per heavy atom. The van der Waals surface area contributed by atoms with E-state index < -0.39 is 5.97 Å². The predicted octanol–water partition coefficient (Wildman–Crippen LogP) is 7.43. The van der Waals surface area contributed by atoms with Gasteiger partial charge in [-0.15, -0.1) is 0 Å². The van der Waals surface area contributed by atoms with E-state index in [2.05, 4.69) is 25.7 Å². The lowest BCUT2D eigenvalue weighted by Gasteiger charge is -2.29. The summed E-state index contributed by atoms with van der Waals surface area (Å²) in [6.07, 6.45) is 21.1. The zero-order valence-electron chi connectivity index (χ0n) is 18.8. The van der Waals surface area contributed by atoms with Gasteiger partial charge in [-0.05, 0) is 45.7 Å². The van der Waals surface area contributed by atoms with Gasteiger partial charge in [0.15, 0.2) is 0 Å². The molecule has 3 heteroatoms. The average molecular weight is 384 g/mol. The van der Waals surface area contributed by atoms with Gasteiger partial charge in [0.1, 0.15) is 0 Å². The fourth-order valence-corrected chi connectivity index (χ4v) is 3.83. The molecule has 0 aromatic rings. The molecule has 0 heterocycles. The molecule has 3 nitrogen and oxygen atoms in total. The van der Waals surface area contributed by atoms with Crippen LogP contribution in [0.3, 0.4) is 0 Å². The molecule has 0 rings (SSSR count). The molecule has 0 aromatic heterocycles. The number of carboxylic acid groups (broad SMARTS) is 1. The number of nitrogens with zero attached hydrogens (tertiary/aromatic N) is 1. The standard InChI is InChI=1S/C24H49NO2/c1-4-6-8-10-12-14-16-21-25(23(3)19-18-20-24(26)27)22-17-15-13-11-9-7-5-2/h23H,4-22H2,1-3H3,(H,26,27). The summed E-state index contributed by atoms with van der Waals surface area (Å²) >= 11 is 0. The molecule has 0 saturated carbocycles. The largest absolute Gasteiger partial charge is 0.481 e. The topological polar surface area (TPSA) is 40.5 Å². The Bertz CT molecular complexity index is 302. The van der Waals surface area contributed by atoms with Crippen LogP contribution in [0.15, 0.2) is 0 Å². The molecule has 0 spiro atoms. The van der Waals surface area contributed by atoms with Crippen LogP contribution < -0.4 is 0 Å². The summed E-state index contributed by atoms with van der Waals surface area (Å²) in [5.74, 6) is -0.659. The summed E-state index contributed by atoms with van der Waals surface area (Å²) in [7, 11) is 0. The summed E-state index contributed by atoms with van der Waals surface area (Å²) < 4.78 is 0. The molecule has 0 aromatic carbocycles. The third-order valence-corrected chi connectivity index (χ3v) is 5.73. The minimum atomic E-state index is -0.659. The van der Waals surface area contributed by atoms with Crippen LogP contribution in [-0.4, -0.2) is 35.1 Å². The van der Waals surface area contributed by atoms with E-state index in [1.165, 1.54) is 103 Å². The summed E-state index contributed by atoms with van der Waals surface area (Å²) in [6.45, 7) is 9.22. The van der Waals surface area contributed by atoms with E-state index in [0.29, 0.717) is 12.5 Å². The van der Waals surface area contributed by atoms with Crippen molar-refractivity contribution in [2.45, 2.75) is 136 Å². The third-order valence-electron chi connectivity index (χ3n) is 5.73. The van der Waals surface area contributed by atoms with Crippen LogP contribution in [0.25, 0.3) is 0 Å². The average Bonchev–Trinajstić information content (AvgIpc) is 2.64. The molecular weight excluding hydrogens is 334 g/mol. The van der Waals surface area contributed by atoms with Crippen LogP contribution in [0.1, 0.15) is 130 Å². The number of hydrogen-bond donors (Lipinski definition) is 1. The monoisotopic (exact) mass is 383 g/mol. The van der Waals surface area contributed by atoms with E-state index >= 15 is 0 Å². The molecule has 1 unspecified atom stereocenters. The molecule has 0 radical (unpaired) electrons. The van der Waals surface area contributed by atoms with Crippen molar-refractivity contribution < 1.29 is 9.90 Å². The number of unbranched alkanes of at least 4 members (excludes halogenated alkanes) is 12. The second-order valence-electron chi connectivity index (χ2n) is 8.41. The van der Waals surface area contributed by atoms with Crippen molar-refractivity contribution >= 4 is 5.97 Å². The van der Waals surface area contributed by atoms with Crippen molar-refractivity contribution in [3.63, 3.8) is 0 Å². The highest BCUT2D eigenvalue weighted by Crippen LogP contribution is 2.14. The molecule has 0 bridgehead atoms. The van der Waals surface area contributed by atoms with Crippen LogP contribution >= 0.6 is 0 Å². The van der Waals surface area contributed by atoms with Crippen molar-refractivity contribution in [1.82, 2.24) is 4.90 Å². The first-order valence-corrected chi connectivity index (χ1v) is 12.1. The number of rotatable bonds is 21. The van der Waals surface area contributed by atoms with Gasteiger partial charge in [-0.25, -0.2) is 0 Å². The maximum atomic E-state index is 10.8. The lowest BCUT2D eigenvalue weighted by Crippen LogP contribution is -2.35. The molecule has 0 aliphatic rings. The van der Waals surface area contributed by atoms with Crippen molar-refractivity contribution in [2.75, 3.05) is 13.1 Å². The van der Waals surface area contributed by atoms with E-state index in [9.17, 15) is 4.79 Å². The summed E-state index contributed by atoms with van der Waals surface area (Å²) in [6, 6.07) is 0.518. The molecule has 1 N–H and O–H groups in total. The summed E-state index contributed by atoms with van der Waals surface area (Å²) in [4.78, 5) is 13.4. The smallest absolute Gasteiger partial charge is 0.303 e. The maximum Gasteiger partial charge on any atom is 0.303 e. The minimum Gasteiger partial charge on any atom is -0.481 e. The van der Waals surface area contributed by atoms with Gasteiger partial charge in [-0.1, -0.05) is 90.9 Å². The van der Waals surface area contributed by atoms with Gasteiger partial charge in [-0.3, -0.25) is 4.79 Å². The molecular formula is C24H49NO2. The fourth-order valence-electron chi connectivity index (χ4n) is 3.83. The molecule has 0 amide bonds. The Balaban J connectivity index is 4.02. The summed E-state index contributed by atoms with van der Waals surface area (Å²) in [5.41, 5.74) is 0. The Morgan fingerprint density at radius 1 is 0.704 bits per heavy atom. The van der Waals surface area contributed by atoms with E-state index in [4.69, 9.17) is 5.11 Å².